The SMILES string of the molecule is CN[C@@H](C)C(=O)N[C@H](C(=O)N1C[C@@H](CC(=O)c2ccc(C(=O)N[C@H]3C[C@@H](C(=O)N[C@@H](C)c4ccccc4)N(C(=O)[C@@H](NC(=O)[C@H](C)NC)C(C)(C)C)C3)cc2)C[C@H]1C(=O)N[C@@H](C)c1ccccc1)C(C)(C)C. The average molecular weight is 992 g/mol. The second kappa shape index (κ2) is 24.3. The topological polar surface area (TPSA) is 227 Å². The highest BCUT2D eigenvalue weighted by Crippen LogP contribution is 2.32. The number of likely N-dealkylation sites (tertiary alicyclic amines) is 2. The Labute approximate surface area is 425 Å². The minimum atomic E-state index is -0.985. The summed E-state index contributed by atoms with van der Waals surface area (Å²) in [6.07, 6.45) is 0.340. The molecule has 7 N–H and O–H groups in total. The second-order valence-corrected chi connectivity index (χ2v) is 21.6. The molecule has 5 rings (SSSR count). The fourth-order valence-corrected chi connectivity index (χ4v) is 9.15. The Hall–Kier alpha value is -6.46. The maximum absolute atomic E-state index is 14.5. The lowest BCUT2D eigenvalue weighted by Gasteiger charge is -2.36. The first-order chi connectivity index (χ1) is 33.8. The minimum Gasteiger partial charge on any atom is -0.348 e. The summed E-state index contributed by atoms with van der Waals surface area (Å²) >= 11 is 0. The van der Waals surface area contributed by atoms with E-state index in [0.29, 0.717) is 5.56 Å². The zero-order valence-corrected chi connectivity index (χ0v) is 44.1. The quantitative estimate of drug-likeness (QED) is 0.0848. The third kappa shape index (κ3) is 14.4. The molecular formula is C55H77N9O8. The molecule has 0 unspecified atom stereocenters. The van der Waals surface area contributed by atoms with Crippen LogP contribution in [0.2, 0.25) is 0 Å². The molecule has 0 bridgehead atoms. The normalized spacial score (nSPS) is 20.5. The number of hydrogen-bond acceptors (Lipinski definition) is 10. The number of amides is 7. The molecule has 3 aromatic rings. The van der Waals surface area contributed by atoms with E-state index in [2.05, 4.69) is 37.2 Å². The van der Waals surface area contributed by atoms with Gasteiger partial charge in [0.15, 0.2) is 5.78 Å². The molecule has 0 radical (unpaired) electrons. The predicted octanol–water partition coefficient (Wildman–Crippen LogP) is 4.21. The third-order valence-electron chi connectivity index (χ3n) is 13.9. The second-order valence-electron chi connectivity index (χ2n) is 21.6. The van der Waals surface area contributed by atoms with Crippen LogP contribution in [0.3, 0.4) is 0 Å². The first-order valence-electron chi connectivity index (χ1n) is 25.0. The molecule has 0 aliphatic carbocycles. The summed E-state index contributed by atoms with van der Waals surface area (Å²) < 4.78 is 0. The van der Waals surface area contributed by atoms with Crippen LogP contribution < -0.4 is 37.2 Å². The van der Waals surface area contributed by atoms with Crippen LogP contribution in [0, 0.1) is 16.7 Å². The molecule has 2 heterocycles. The molecule has 2 aliphatic heterocycles. The summed E-state index contributed by atoms with van der Waals surface area (Å²) in [6.45, 7) is 18.3. The molecule has 17 heteroatoms. The van der Waals surface area contributed by atoms with Crippen molar-refractivity contribution in [3.05, 3.63) is 107 Å². The van der Waals surface area contributed by atoms with Crippen LogP contribution in [0.4, 0.5) is 0 Å². The van der Waals surface area contributed by atoms with E-state index >= 15 is 0 Å². The van der Waals surface area contributed by atoms with E-state index in [4.69, 9.17) is 0 Å². The highest BCUT2D eigenvalue weighted by atomic mass is 16.2. The molecule has 0 spiro atoms. The van der Waals surface area contributed by atoms with Crippen molar-refractivity contribution >= 4 is 47.1 Å². The van der Waals surface area contributed by atoms with Crippen LogP contribution >= 0.6 is 0 Å². The number of hydrogen-bond donors (Lipinski definition) is 7. The van der Waals surface area contributed by atoms with E-state index in [9.17, 15) is 38.4 Å². The van der Waals surface area contributed by atoms with Crippen LogP contribution in [0.1, 0.15) is 132 Å². The van der Waals surface area contributed by atoms with Crippen molar-refractivity contribution in [2.75, 3.05) is 27.2 Å². The smallest absolute Gasteiger partial charge is 0.251 e. The maximum atomic E-state index is 14.5. The Bertz CT molecular complexity index is 2240. The number of carbonyl (C=O) groups is 8. The summed E-state index contributed by atoms with van der Waals surface area (Å²) in [5, 5.41) is 20.7. The van der Waals surface area contributed by atoms with Gasteiger partial charge in [0.05, 0.1) is 24.2 Å². The Morgan fingerprint density at radius 2 is 0.944 bits per heavy atom. The molecule has 2 fully saturated rings. The summed E-state index contributed by atoms with van der Waals surface area (Å²) in [5.74, 6) is -3.47. The molecule has 2 aliphatic rings. The summed E-state index contributed by atoms with van der Waals surface area (Å²) in [6, 6.07) is 18.7. The van der Waals surface area contributed by atoms with Crippen molar-refractivity contribution in [3.63, 3.8) is 0 Å². The highest BCUT2D eigenvalue weighted by Gasteiger charge is 2.47. The van der Waals surface area contributed by atoms with E-state index in [-0.39, 0.29) is 73.5 Å². The molecular weight excluding hydrogens is 915 g/mol. The highest BCUT2D eigenvalue weighted by molar-refractivity contribution is 6.00. The van der Waals surface area contributed by atoms with Gasteiger partial charge >= 0.3 is 0 Å². The van der Waals surface area contributed by atoms with E-state index < -0.39 is 82.7 Å². The lowest BCUT2D eigenvalue weighted by molar-refractivity contribution is -0.144. The van der Waals surface area contributed by atoms with E-state index in [1.807, 2.05) is 116 Å². The number of nitrogens with one attached hydrogen (secondary N) is 7. The Kier molecular flexibility index (Phi) is 19.1. The molecule has 390 valence electrons. The van der Waals surface area contributed by atoms with Crippen molar-refractivity contribution in [3.8, 4) is 0 Å². The molecule has 0 saturated carbocycles. The van der Waals surface area contributed by atoms with E-state index in [0.717, 1.165) is 11.1 Å². The van der Waals surface area contributed by atoms with Gasteiger partial charge in [0.1, 0.15) is 24.2 Å². The Balaban J connectivity index is 1.31. The van der Waals surface area contributed by atoms with Gasteiger partial charge in [-0.2, -0.15) is 0 Å². The number of likely N-dealkylation sites (N-methyl/N-ethyl adjacent to an activating group) is 2. The number of carbonyl (C=O) groups excluding carboxylic acids is 8. The Morgan fingerprint density at radius 3 is 1.36 bits per heavy atom. The van der Waals surface area contributed by atoms with Crippen LogP contribution in [0.5, 0.6) is 0 Å². The van der Waals surface area contributed by atoms with Crippen molar-refractivity contribution < 1.29 is 38.4 Å². The predicted molar refractivity (Wildman–Crippen MR) is 276 cm³/mol. The van der Waals surface area contributed by atoms with Crippen molar-refractivity contribution in [2.45, 2.75) is 143 Å². The van der Waals surface area contributed by atoms with Gasteiger partial charge in [-0.05, 0) is 94.6 Å². The number of Topliss-reactive ketones (excluding diaryl/α,β-unsaturated/α-hetero) is 1. The number of rotatable bonds is 19. The van der Waals surface area contributed by atoms with Crippen LogP contribution in [0.15, 0.2) is 84.9 Å². The minimum absolute atomic E-state index is 0.00596. The fourth-order valence-electron chi connectivity index (χ4n) is 9.15. The zero-order chi connectivity index (χ0) is 53.2. The van der Waals surface area contributed by atoms with Gasteiger partial charge < -0.3 is 47.0 Å². The fraction of sp³-hybridized carbons (Fsp3) is 0.527. The molecule has 10 atom stereocenters. The maximum Gasteiger partial charge on any atom is 0.251 e. The van der Waals surface area contributed by atoms with Crippen LogP contribution in [0.25, 0.3) is 0 Å². The Morgan fingerprint density at radius 1 is 0.542 bits per heavy atom. The first-order valence-corrected chi connectivity index (χ1v) is 25.0. The van der Waals surface area contributed by atoms with Crippen LogP contribution in [-0.4, -0.2) is 126 Å². The van der Waals surface area contributed by atoms with E-state index in [1.165, 1.54) is 21.9 Å². The van der Waals surface area contributed by atoms with Gasteiger partial charge in [-0.3, -0.25) is 38.4 Å². The third-order valence-corrected chi connectivity index (χ3v) is 13.9. The lowest BCUT2D eigenvalue weighted by Crippen LogP contribution is -2.59. The lowest BCUT2D eigenvalue weighted by atomic mass is 9.85. The van der Waals surface area contributed by atoms with Crippen molar-refractivity contribution in [1.29, 1.82) is 0 Å². The molecule has 7 amide bonds. The van der Waals surface area contributed by atoms with Gasteiger partial charge in [0.2, 0.25) is 35.4 Å². The number of ketones is 1. The largest absolute Gasteiger partial charge is 0.348 e. The van der Waals surface area contributed by atoms with Crippen molar-refractivity contribution in [1.82, 2.24) is 47.0 Å². The van der Waals surface area contributed by atoms with Gasteiger partial charge in [0, 0.05) is 36.7 Å². The first kappa shape index (κ1) is 56.5. The number of benzene rings is 3. The average Bonchev–Trinajstić information content (AvgIpc) is 3.98. The number of nitrogens with zero attached hydrogens (tertiary/aromatic N) is 2. The standard InChI is InChI=1S/C55H77N9O8/c1-32(37-19-15-13-16-20-37)58-50(69)42-27-36(30-63(42)52(71)45(54(5,6)7)61-47(66)34(3)56-11)28-44(65)39-23-25-40(26-24-39)49(68)60-41-29-43(51(70)59-33(2)38-21-17-14-18-22-38)64(31-41)53(72)46(55(8,9)10)62-48(67)35(4)57-12/h13-26,32-36,41-43,45-46,56-57H,27-31H2,1-12H3,(H,58,69)(H,59,70)(H,60,68)(H,61,66)(H,62,67)/t32-,33-,34-,35-,36+,41-,42-,43-,45+,46+/m0/s1. The summed E-state index contributed by atoms with van der Waals surface area (Å²) in [5.41, 5.74) is 0.902. The van der Waals surface area contributed by atoms with Crippen molar-refractivity contribution in [2.24, 2.45) is 16.7 Å². The van der Waals surface area contributed by atoms with Gasteiger partial charge in [-0.1, -0.05) is 114 Å². The van der Waals surface area contributed by atoms with Crippen LogP contribution in [-0.2, 0) is 28.8 Å². The zero-order valence-electron chi connectivity index (χ0n) is 44.1. The molecule has 0 aromatic heterocycles. The molecule has 2 saturated heterocycles. The van der Waals surface area contributed by atoms with E-state index in [1.54, 1.807) is 40.1 Å². The van der Waals surface area contributed by atoms with Gasteiger partial charge in [-0.15, -0.1) is 0 Å². The molecule has 17 nitrogen and oxygen atoms in total. The van der Waals surface area contributed by atoms with Gasteiger partial charge in [0.25, 0.3) is 5.91 Å². The summed E-state index contributed by atoms with van der Waals surface area (Å²) in [7, 11) is 3.30. The monoisotopic (exact) mass is 992 g/mol. The van der Waals surface area contributed by atoms with Gasteiger partial charge in [-0.25, -0.2) is 0 Å². The molecule has 72 heavy (non-hydrogen) atoms. The molecule has 3 aromatic carbocycles. The summed E-state index contributed by atoms with van der Waals surface area (Å²) in [4.78, 5) is 114.